The molecule has 0 aliphatic carbocycles. The number of benzene rings is 4. The largest absolute Gasteiger partial charge is 0.491 e. The van der Waals surface area contributed by atoms with Crippen LogP contribution in [0.15, 0.2) is 72.8 Å². The summed E-state index contributed by atoms with van der Waals surface area (Å²) in [6.07, 6.45) is -9.84. The van der Waals surface area contributed by atoms with Crippen LogP contribution >= 0.6 is 0 Å². The molecule has 2 unspecified atom stereocenters. The van der Waals surface area contributed by atoms with E-state index in [0.29, 0.717) is 41.8 Å². The van der Waals surface area contributed by atoms with Crippen molar-refractivity contribution in [2.45, 2.75) is 51.4 Å². The second-order valence-corrected chi connectivity index (χ2v) is 12.7. The summed E-state index contributed by atoms with van der Waals surface area (Å²) in [6, 6.07) is 13.4. The van der Waals surface area contributed by atoms with E-state index < -0.39 is 77.0 Å². The zero-order chi connectivity index (χ0) is 41.0. The number of hydrogen-bond acceptors (Lipinski definition) is 8. The van der Waals surface area contributed by atoms with E-state index in [4.69, 9.17) is 9.31 Å². The van der Waals surface area contributed by atoms with E-state index in [1.807, 2.05) is 13.8 Å². The van der Waals surface area contributed by atoms with Crippen LogP contribution in [0.25, 0.3) is 0 Å². The van der Waals surface area contributed by atoms with Crippen LogP contribution in [0.5, 0.6) is 0 Å². The lowest BCUT2D eigenvalue weighted by Gasteiger charge is -2.25. The molecule has 2 N–H and O–H groups in total. The van der Waals surface area contributed by atoms with E-state index >= 15 is 0 Å². The van der Waals surface area contributed by atoms with Gasteiger partial charge in [-0.1, -0.05) is 38.1 Å². The van der Waals surface area contributed by atoms with Gasteiger partial charge in [0.1, 0.15) is 11.6 Å². The molecular weight excluding hydrogens is 748 g/mol. The van der Waals surface area contributed by atoms with Gasteiger partial charge in [0.15, 0.2) is 11.6 Å². The van der Waals surface area contributed by atoms with Crippen LogP contribution in [0.2, 0.25) is 0 Å². The summed E-state index contributed by atoms with van der Waals surface area (Å²) < 4.78 is 112. The first kappa shape index (κ1) is 42.8. The van der Waals surface area contributed by atoms with Crippen molar-refractivity contribution < 1.29 is 69.0 Å². The first-order chi connectivity index (χ1) is 25.6. The molecule has 4 aromatic rings. The van der Waals surface area contributed by atoms with Crippen LogP contribution in [-0.4, -0.2) is 54.0 Å². The number of halogens is 8. The highest BCUT2D eigenvalue weighted by Gasteiger charge is 2.37. The highest BCUT2D eigenvalue weighted by molar-refractivity contribution is 6.61. The maximum absolute atomic E-state index is 13.2. The predicted molar refractivity (Wildman–Crippen MR) is 184 cm³/mol. The molecule has 6 rings (SSSR count). The molecule has 0 spiro atoms. The van der Waals surface area contributed by atoms with E-state index in [1.54, 1.807) is 24.3 Å². The number of carbonyl (C=O) groups is 2. The van der Waals surface area contributed by atoms with Crippen molar-refractivity contribution in [1.82, 2.24) is 0 Å². The number of fused-ring (bicyclic) bond motifs is 2. The number of carbonyl (C=O) groups excluding carboxylic acids is 2. The Morgan fingerprint density at radius 2 is 1.20 bits per heavy atom. The van der Waals surface area contributed by atoms with Crippen LogP contribution in [0, 0.1) is 21.7 Å². The van der Waals surface area contributed by atoms with Crippen LogP contribution < -0.4 is 10.9 Å². The van der Waals surface area contributed by atoms with Crippen molar-refractivity contribution in [2.75, 3.05) is 13.2 Å². The number of nitro benzene ring substituents is 1. The van der Waals surface area contributed by atoms with Gasteiger partial charge in [0.05, 0.1) is 16.1 Å². The third-order valence-corrected chi connectivity index (χ3v) is 8.65. The first-order valence-electron chi connectivity index (χ1n) is 16.4. The fourth-order valence-electron chi connectivity index (χ4n) is 5.90. The number of ketones is 2. The quantitative estimate of drug-likeness (QED) is 0.0766. The molecule has 0 bridgehead atoms. The predicted octanol–water partition coefficient (Wildman–Crippen LogP) is 6.55. The smallest absolute Gasteiger partial charge is 0.423 e. The molecule has 4 aromatic carbocycles. The number of alkyl halides is 6. The van der Waals surface area contributed by atoms with Gasteiger partial charge in [-0.2, -0.15) is 26.3 Å². The van der Waals surface area contributed by atoms with E-state index in [0.717, 1.165) is 42.3 Å². The van der Waals surface area contributed by atoms with Crippen LogP contribution in [0.3, 0.4) is 0 Å². The Kier molecular flexibility index (Phi) is 13.4. The Labute approximate surface area is 309 Å². The van der Waals surface area contributed by atoms with Gasteiger partial charge in [-0.3, -0.25) is 19.7 Å². The summed E-state index contributed by atoms with van der Waals surface area (Å²) >= 11 is 0. The van der Waals surface area contributed by atoms with Crippen molar-refractivity contribution in [3.8, 4) is 0 Å². The lowest BCUT2D eigenvalue weighted by atomic mass is 9.70. The number of hydrogen-bond donors (Lipinski definition) is 2. The average Bonchev–Trinajstić information content (AvgIpc) is 3.11. The third-order valence-electron chi connectivity index (χ3n) is 8.65. The molecule has 0 saturated heterocycles. The number of rotatable bonds is 5. The molecule has 2 atom stereocenters. The van der Waals surface area contributed by atoms with E-state index in [2.05, 4.69) is 0 Å². The lowest BCUT2D eigenvalue weighted by molar-refractivity contribution is -0.384. The highest BCUT2D eigenvalue weighted by Crippen LogP contribution is 2.34. The zero-order valence-corrected chi connectivity index (χ0v) is 29.2. The Morgan fingerprint density at radius 1 is 0.745 bits per heavy atom. The minimum Gasteiger partial charge on any atom is -0.423 e. The van der Waals surface area contributed by atoms with Crippen molar-refractivity contribution in [2.24, 2.45) is 0 Å². The molecule has 2 aliphatic heterocycles. The minimum atomic E-state index is -4.83. The molecule has 0 radical (unpaired) electrons. The van der Waals surface area contributed by atoms with Crippen molar-refractivity contribution in [1.29, 1.82) is 0 Å². The zero-order valence-electron chi connectivity index (χ0n) is 29.2. The monoisotopic (exact) mass is 779 g/mol. The van der Waals surface area contributed by atoms with Gasteiger partial charge in [0.25, 0.3) is 5.69 Å². The molecule has 290 valence electrons. The topological polar surface area (TPSA) is 136 Å². The van der Waals surface area contributed by atoms with E-state index in [9.17, 15) is 64.9 Å². The van der Waals surface area contributed by atoms with Gasteiger partial charge in [0, 0.05) is 54.7 Å². The molecule has 0 amide bonds. The molecule has 0 saturated carbocycles. The second-order valence-electron chi connectivity index (χ2n) is 12.7. The van der Waals surface area contributed by atoms with Crippen molar-refractivity contribution >= 4 is 42.4 Å². The van der Waals surface area contributed by atoms with Crippen molar-refractivity contribution in [3.63, 3.8) is 0 Å². The molecule has 2 heterocycles. The van der Waals surface area contributed by atoms with Gasteiger partial charge in [0.2, 0.25) is 0 Å². The molecule has 9 nitrogen and oxygen atoms in total. The van der Waals surface area contributed by atoms with Crippen LogP contribution in [-0.2, 0) is 28.1 Å². The molecule has 0 aromatic heterocycles. The van der Waals surface area contributed by atoms with Crippen LogP contribution in [0.1, 0.15) is 81.1 Å². The Morgan fingerprint density at radius 3 is 1.67 bits per heavy atom. The summed E-state index contributed by atoms with van der Waals surface area (Å²) in [7, 11) is -2.18. The Hall–Kier alpha value is -4.97. The Balaban J connectivity index is 0.000000198. The fourth-order valence-corrected chi connectivity index (χ4v) is 5.90. The summed E-state index contributed by atoms with van der Waals surface area (Å²) in [6.45, 7) is 5.67. The van der Waals surface area contributed by atoms with Gasteiger partial charge >= 0.3 is 26.6 Å². The molecule has 55 heavy (non-hydrogen) atoms. The highest BCUT2D eigenvalue weighted by atomic mass is 19.4. The molecule has 19 heteroatoms. The number of Topliss-reactive ketones (excluding diaryl/α,β-unsaturated/α-hetero) is 2. The summed E-state index contributed by atoms with van der Waals surface area (Å²) in [5.41, 5.74) is -0.402. The summed E-state index contributed by atoms with van der Waals surface area (Å²) in [5, 5.41) is 30.0. The number of nitrogens with zero attached hydrogens (tertiary/aromatic N) is 1. The molecular formula is C36H31B2F8NO8. The van der Waals surface area contributed by atoms with Gasteiger partial charge in [-0.25, -0.2) is 8.78 Å². The van der Waals surface area contributed by atoms with Crippen molar-refractivity contribution in [3.05, 3.63) is 133 Å². The SMILES string of the molecule is CC(=O)c1ccc(F)cc1C(F)(F)F.CC1COB(O)c2cc(CC(=O)c3ccc(F)cc3C(F)(F)F)ccc21.CC1COB(O)c2cc([N+](=O)[O-])ccc21. The maximum atomic E-state index is 13.2. The fraction of sp³-hybridized carbons (Fsp3) is 0.278. The first-order valence-corrected chi connectivity index (χ1v) is 16.4. The summed E-state index contributed by atoms with van der Waals surface area (Å²) in [5.74, 6) is -3.37. The van der Waals surface area contributed by atoms with Gasteiger partial charge < -0.3 is 19.4 Å². The van der Waals surface area contributed by atoms with E-state index in [-0.39, 0.29) is 23.9 Å². The minimum absolute atomic E-state index is 0.0227. The standard InChI is InChI=1S/C18H15BF4O3.C9H10BNO4.C9H6F4O/c1-10-9-26-19(25)16-6-11(2-4-13(10)16)7-17(24)14-5-3-12(20)8-15(14)18(21,22)23;1-6-5-15-10(12)9-4-7(11(13)14)2-3-8(6)9;1-5(14)7-3-2-6(10)4-8(7)9(11,12)13/h2-6,8,10,25H,7,9H2,1H3;2-4,6,12H,5H2,1H3;2-4H,1H3. The average molecular weight is 779 g/mol. The Bertz CT molecular complexity index is 2080. The number of non-ortho nitro benzene ring substituents is 1. The molecule has 0 fully saturated rings. The second kappa shape index (κ2) is 17.2. The molecule has 2 aliphatic rings. The van der Waals surface area contributed by atoms with E-state index in [1.165, 1.54) is 12.1 Å². The summed E-state index contributed by atoms with van der Waals surface area (Å²) in [4.78, 5) is 33.3. The van der Waals surface area contributed by atoms with Gasteiger partial charge in [-0.15, -0.1) is 0 Å². The normalized spacial score (nSPS) is 16.5. The van der Waals surface area contributed by atoms with Gasteiger partial charge in [-0.05, 0) is 70.9 Å². The van der Waals surface area contributed by atoms with Crippen LogP contribution in [0.4, 0.5) is 40.8 Å². The number of nitro groups is 1. The third kappa shape index (κ3) is 10.6. The maximum Gasteiger partial charge on any atom is 0.491 e. The lowest BCUT2D eigenvalue weighted by Crippen LogP contribution is -2.42.